The van der Waals surface area contributed by atoms with Crippen molar-refractivity contribution in [3.8, 4) is 28.2 Å². The third kappa shape index (κ3) is 4.86. The van der Waals surface area contributed by atoms with Crippen LogP contribution in [0.2, 0.25) is 0 Å². The van der Waals surface area contributed by atoms with E-state index in [1.165, 1.54) is 6.07 Å². The first-order valence-corrected chi connectivity index (χ1v) is 17.2. The molecule has 51 heavy (non-hydrogen) atoms. The number of halogens is 3. The Balaban J connectivity index is 1.36. The molecule has 0 amide bonds. The van der Waals surface area contributed by atoms with Crippen LogP contribution in [0.15, 0.2) is 124 Å². The zero-order chi connectivity index (χ0) is 35.2. The van der Waals surface area contributed by atoms with Gasteiger partial charge in [-0.1, -0.05) is 88.4 Å². The summed E-state index contributed by atoms with van der Waals surface area (Å²) in [4.78, 5) is 5.20. The van der Waals surface area contributed by atoms with Crippen molar-refractivity contribution >= 4 is 54.9 Å². The largest absolute Gasteiger partial charge is 0.456 e. The van der Waals surface area contributed by atoms with Gasteiger partial charge >= 0.3 is 6.18 Å². The Morgan fingerprint density at radius 3 is 2.08 bits per heavy atom. The van der Waals surface area contributed by atoms with Gasteiger partial charge in [-0.05, 0) is 83.1 Å². The molecule has 9 aromatic rings. The molecule has 0 atom stereocenters. The minimum absolute atomic E-state index is 0.0622. The van der Waals surface area contributed by atoms with Gasteiger partial charge in [-0.3, -0.25) is 4.57 Å². The topological polar surface area (TPSA) is 44.1 Å². The van der Waals surface area contributed by atoms with Crippen molar-refractivity contribution in [3.05, 3.63) is 132 Å². The van der Waals surface area contributed by atoms with E-state index in [0.29, 0.717) is 22.4 Å². The Labute approximate surface area is 291 Å². The van der Waals surface area contributed by atoms with E-state index in [-0.39, 0.29) is 17.4 Å². The fourth-order valence-electron chi connectivity index (χ4n) is 7.57. The van der Waals surface area contributed by atoms with Crippen molar-refractivity contribution in [2.75, 3.05) is 0 Å². The second kappa shape index (κ2) is 11.4. The van der Waals surface area contributed by atoms with Gasteiger partial charge in [-0.2, -0.15) is 13.2 Å². The number of alkyl halides is 3. The van der Waals surface area contributed by atoms with E-state index in [2.05, 4.69) is 74.7 Å². The van der Waals surface area contributed by atoms with Crippen molar-refractivity contribution in [1.29, 1.82) is 0 Å². The maximum atomic E-state index is 13.7. The van der Waals surface area contributed by atoms with Gasteiger partial charge in [0.25, 0.3) is 0 Å². The average molecular weight is 679 g/mol. The average Bonchev–Trinajstić information content (AvgIpc) is 3.81. The Bertz CT molecular complexity index is 2800. The Hall–Kier alpha value is -5.82. The molecule has 3 heterocycles. The van der Waals surface area contributed by atoms with Gasteiger partial charge in [-0.15, -0.1) is 0 Å². The van der Waals surface area contributed by atoms with Crippen LogP contribution in [0.25, 0.3) is 83.1 Å². The van der Waals surface area contributed by atoms with Gasteiger partial charge in [0.15, 0.2) is 0 Å². The van der Waals surface area contributed by atoms with Crippen LogP contribution in [0.4, 0.5) is 13.2 Å². The van der Waals surface area contributed by atoms with Crippen molar-refractivity contribution in [2.45, 2.75) is 45.7 Å². The highest BCUT2D eigenvalue weighted by atomic mass is 19.4. The molecule has 0 fully saturated rings. The van der Waals surface area contributed by atoms with Gasteiger partial charge in [0.2, 0.25) is 0 Å². The van der Waals surface area contributed by atoms with E-state index in [1.54, 1.807) is 0 Å². The van der Waals surface area contributed by atoms with E-state index in [9.17, 15) is 13.2 Å². The van der Waals surface area contributed by atoms with E-state index in [1.807, 2.05) is 54.6 Å². The number of furan rings is 2. The van der Waals surface area contributed by atoms with Crippen molar-refractivity contribution < 1.29 is 22.0 Å². The smallest absolute Gasteiger partial charge is 0.416 e. The van der Waals surface area contributed by atoms with Crippen molar-refractivity contribution in [2.24, 2.45) is 0 Å². The summed E-state index contributed by atoms with van der Waals surface area (Å²) in [7, 11) is 0. The first kappa shape index (κ1) is 31.2. The Kier molecular flexibility index (Phi) is 6.94. The monoisotopic (exact) mass is 678 g/mol. The van der Waals surface area contributed by atoms with Crippen molar-refractivity contribution in [1.82, 2.24) is 9.55 Å². The van der Waals surface area contributed by atoms with Crippen LogP contribution in [-0.2, 0) is 6.18 Å². The van der Waals surface area contributed by atoms with E-state index in [4.69, 9.17) is 13.8 Å². The Morgan fingerprint density at radius 2 is 1.31 bits per heavy atom. The molecule has 0 saturated heterocycles. The van der Waals surface area contributed by atoms with Crippen LogP contribution in [0.1, 0.15) is 56.2 Å². The molecule has 0 spiro atoms. The molecule has 0 radical (unpaired) electrons. The number of fused-ring (bicyclic) bond motifs is 7. The third-order valence-corrected chi connectivity index (χ3v) is 9.96. The van der Waals surface area contributed by atoms with E-state index < -0.39 is 11.7 Å². The summed E-state index contributed by atoms with van der Waals surface area (Å²) >= 11 is 0. The van der Waals surface area contributed by atoms with Crippen LogP contribution in [-0.4, -0.2) is 9.55 Å². The molecular weight excluding hydrogens is 645 g/mol. The fraction of sp³-hybridized carbons (Fsp3) is 0.159. The molecule has 9 rings (SSSR count). The van der Waals surface area contributed by atoms with E-state index >= 15 is 0 Å². The molecule has 0 bridgehead atoms. The van der Waals surface area contributed by atoms with Gasteiger partial charge in [-0.25, -0.2) is 4.98 Å². The minimum Gasteiger partial charge on any atom is -0.456 e. The number of imidazole rings is 1. The highest BCUT2D eigenvalue weighted by Gasteiger charge is 2.32. The van der Waals surface area contributed by atoms with E-state index in [0.717, 1.165) is 78.4 Å². The quantitative estimate of drug-likeness (QED) is 0.182. The second-order valence-corrected chi connectivity index (χ2v) is 13.8. The van der Waals surface area contributed by atoms with Crippen LogP contribution in [0.3, 0.4) is 0 Å². The summed E-state index contributed by atoms with van der Waals surface area (Å²) in [5, 5.41) is 3.46. The molecule has 7 heteroatoms. The number of hydrogen-bond acceptors (Lipinski definition) is 3. The lowest BCUT2D eigenvalue weighted by molar-refractivity contribution is -0.137. The first-order valence-electron chi connectivity index (χ1n) is 17.2. The van der Waals surface area contributed by atoms with Crippen LogP contribution in [0, 0.1) is 0 Å². The lowest BCUT2D eigenvalue weighted by Crippen LogP contribution is -2.09. The van der Waals surface area contributed by atoms with Gasteiger partial charge < -0.3 is 8.83 Å². The summed E-state index contributed by atoms with van der Waals surface area (Å²) in [5.74, 6) is 0.835. The molecule has 0 aliphatic carbocycles. The molecule has 252 valence electrons. The molecule has 0 aliphatic heterocycles. The highest BCUT2D eigenvalue weighted by molar-refractivity contribution is 6.11. The lowest BCUT2D eigenvalue weighted by atomic mass is 9.89. The fourth-order valence-corrected chi connectivity index (χ4v) is 7.57. The summed E-state index contributed by atoms with van der Waals surface area (Å²) in [6.45, 7) is 8.76. The molecule has 3 aromatic heterocycles. The maximum Gasteiger partial charge on any atom is 0.416 e. The standard InChI is InChI=1S/C44H33F3N2O2/c1-24(2)33-23-34-30-19-17-27(26-11-6-5-7-12-26)21-37(30)51-42(34)39(25(3)4)40(33)49-36-16-9-8-15-35(36)48-43(49)32-14-10-13-31-29-20-18-28(44(45,46)47)22-38(29)50-41(31)32/h5-25H,1-4H3. The summed E-state index contributed by atoms with van der Waals surface area (Å²) in [6.07, 6.45) is -4.48. The predicted molar refractivity (Wildman–Crippen MR) is 200 cm³/mol. The molecule has 0 aliphatic rings. The summed E-state index contributed by atoms with van der Waals surface area (Å²) < 4.78 is 56.4. The van der Waals surface area contributed by atoms with Crippen molar-refractivity contribution in [3.63, 3.8) is 0 Å². The zero-order valence-corrected chi connectivity index (χ0v) is 28.5. The molecule has 0 N–H and O–H groups in total. The van der Waals surface area contributed by atoms with Crippen LogP contribution in [0.5, 0.6) is 0 Å². The molecule has 6 aromatic carbocycles. The third-order valence-electron chi connectivity index (χ3n) is 9.96. The second-order valence-electron chi connectivity index (χ2n) is 13.8. The summed E-state index contributed by atoms with van der Waals surface area (Å²) in [5.41, 5.74) is 9.35. The van der Waals surface area contributed by atoms with Gasteiger partial charge in [0.05, 0.1) is 27.8 Å². The maximum absolute atomic E-state index is 13.7. The number of nitrogens with zero attached hydrogens (tertiary/aromatic N) is 2. The molecular formula is C44H33F3N2O2. The van der Waals surface area contributed by atoms with Crippen LogP contribution < -0.4 is 0 Å². The number of para-hydroxylation sites is 3. The SMILES string of the molecule is CC(C)c1cc2c(oc3cc(-c4ccccc4)ccc32)c(C(C)C)c1-n1c(-c2cccc3c2oc2cc(C(F)(F)F)ccc23)nc2ccccc21. The molecule has 4 nitrogen and oxygen atoms in total. The number of hydrogen-bond donors (Lipinski definition) is 0. The molecule has 0 unspecified atom stereocenters. The first-order chi connectivity index (χ1) is 24.6. The summed E-state index contributed by atoms with van der Waals surface area (Å²) in [6, 6.07) is 36.4. The number of benzene rings is 6. The van der Waals surface area contributed by atoms with Gasteiger partial charge in [0.1, 0.15) is 28.2 Å². The van der Waals surface area contributed by atoms with Gasteiger partial charge in [0, 0.05) is 27.1 Å². The Morgan fingerprint density at radius 1 is 0.608 bits per heavy atom. The lowest BCUT2D eigenvalue weighted by Gasteiger charge is -2.23. The normalized spacial score (nSPS) is 12.6. The molecule has 0 saturated carbocycles. The predicted octanol–water partition coefficient (Wildman–Crippen LogP) is 13.4. The highest BCUT2D eigenvalue weighted by Crippen LogP contribution is 2.46. The number of aromatic nitrogens is 2. The number of rotatable bonds is 5. The zero-order valence-electron chi connectivity index (χ0n) is 28.5. The van der Waals surface area contributed by atoms with Crippen LogP contribution >= 0.6 is 0 Å². The minimum atomic E-state index is -4.48.